The zero-order valence-electron chi connectivity index (χ0n) is 21.9. The van der Waals surface area contributed by atoms with Crippen LogP contribution < -0.4 is 4.57 Å². The van der Waals surface area contributed by atoms with Gasteiger partial charge < -0.3 is 4.42 Å². The smallest absolute Gasteiger partial charge is 0.216 e. The average Bonchev–Trinajstić information content (AvgIpc) is 3.29. The number of halogens is 1. The molecule has 38 heavy (non-hydrogen) atoms. The molecule has 0 spiro atoms. The summed E-state index contributed by atoms with van der Waals surface area (Å²) in [6.07, 6.45) is 2.15. The number of hydrogen-bond donors (Lipinski definition) is 0. The molecule has 0 saturated heterocycles. The van der Waals surface area contributed by atoms with Crippen molar-refractivity contribution in [2.75, 3.05) is 0 Å². The van der Waals surface area contributed by atoms with Gasteiger partial charge in [0.05, 0.1) is 11.1 Å². The van der Waals surface area contributed by atoms with Crippen LogP contribution in [0.3, 0.4) is 0 Å². The van der Waals surface area contributed by atoms with E-state index in [4.69, 9.17) is 4.42 Å². The number of rotatable bonds is 2. The van der Waals surface area contributed by atoms with E-state index in [0.29, 0.717) is 11.1 Å². The van der Waals surface area contributed by atoms with Crippen LogP contribution in [0, 0.1) is 26.6 Å². The summed E-state index contributed by atoms with van der Waals surface area (Å²) in [4.78, 5) is 0. The SMILES string of the molecule is Cc1cc(-c2c(C)ccc3c2oc2c(-c4cc5ccccc5c5ccccc45)c(F)ccc23)[n+](C)cc1C. The number of fused-ring (bicyclic) bond motifs is 6. The monoisotopic (exact) mass is 496 g/mol. The van der Waals surface area contributed by atoms with E-state index >= 15 is 4.39 Å². The molecule has 5 aromatic carbocycles. The fourth-order valence-electron chi connectivity index (χ4n) is 5.94. The number of pyridine rings is 1. The van der Waals surface area contributed by atoms with Crippen LogP contribution in [0.5, 0.6) is 0 Å². The lowest BCUT2D eigenvalue weighted by atomic mass is 9.92. The number of nitrogens with zero attached hydrogens (tertiary/aromatic N) is 1. The number of hydrogen-bond acceptors (Lipinski definition) is 1. The summed E-state index contributed by atoms with van der Waals surface area (Å²) < 4.78 is 24.7. The van der Waals surface area contributed by atoms with Crippen molar-refractivity contribution in [3.8, 4) is 22.4 Å². The highest BCUT2D eigenvalue weighted by molar-refractivity contribution is 6.18. The Morgan fingerprint density at radius 3 is 2.05 bits per heavy atom. The Hall–Kier alpha value is -4.50. The predicted molar refractivity (Wildman–Crippen MR) is 155 cm³/mol. The van der Waals surface area contributed by atoms with Gasteiger partial charge in [0.2, 0.25) is 5.69 Å². The molecule has 7 aromatic rings. The highest BCUT2D eigenvalue weighted by Gasteiger charge is 2.24. The Labute approximate surface area is 220 Å². The van der Waals surface area contributed by atoms with E-state index in [9.17, 15) is 0 Å². The van der Waals surface area contributed by atoms with Crippen molar-refractivity contribution >= 4 is 43.5 Å². The Kier molecular flexibility index (Phi) is 4.93. The molecule has 0 N–H and O–H groups in total. The van der Waals surface area contributed by atoms with Gasteiger partial charge in [0.15, 0.2) is 6.20 Å². The van der Waals surface area contributed by atoms with E-state index in [0.717, 1.165) is 60.3 Å². The third-order valence-corrected chi connectivity index (χ3v) is 8.00. The van der Waals surface area contributed by atoms with E-state index in [2.05, 4.69) is 87.1 Å². The fourth-order valence-corrected chi connectivity index (χ4v) is 5.94. The maximum Gasteiger partial charge on any atom is 0.216 e. The standard InChI is InChI=1S/C35H27FNO/c1-20-13-14-27-28-15-16-30(36)33(29-18-23-9-5-6-10-24(23)25-11-7-8-12-26(25)29)35(28)38-34(27)32(20)31-17-21(2)22(3)19-37(31)4/h5-19H,1-4H3/q+1. The van der Waals surface area contributed by atoms with E-state index in [1.165, 1.54) is 11.1 Å². The number of aromatic nitrogens is 1. The maximum atomic E-state index is 15.9. The Balaban J connectivity index is 1.61. The third-order valence-electron chi connectivity index (χ3n) is 8.00. The topological polar surface area (TPSA) is 17.0 Å². The second-order valence-electron chi connectivity index (χ2n) is 10.4. The first-order chi connectivity index (χ1) is 18.4. The van der Waals surface area contributed by atoms with Crippen molar-refractivity contribution in [2.24, 2.45) is 7.05 Å². The van der Waals surface area contributed by atoms with Crippen molar-refractivity contribution in [3.05, 3.63) is 114 Å². The molecular weight excluding hydrogens is 469 g/mol. The molecule has 0 unspecified atom stereocenters. The Morgan fingerprint density at radius 2 is 1.26 bits per heavy atom. The molecule has 0 bridgehead atoms. The van der Waals surface area contributed by atoms with E-state index in [1.807, 2.05) is 30.3 Å². The number of furan rings is 1. The summed E-state index contributed by atoms with van der Waals surface area (Å²) in [5.74, 6) is -0.285. The molecule has 0 atom stereocenters. The van der Waals surface area contributed by atoms with Gasteiger partial charge in [-0.1, -0.05) is 60.7 Å². The lowest BCUT2D eigenvalue weighted by Gasteiger charge is -2.12. The van der Waals surface area contributed by atoms with E-state index in [-0.39, 0.29) is 5.82 Å². The van der Waals surface area contributed by atoms with Gasteiger partial charge >= 0.3 is 0 Å². The first kappa shape index (κ1) is 22.7. The molecule has 2 aromatic heterocycles. The molecule has 0 fully saturated rings. The number of benzene rings is 5. The van der Waals surface area contributed by atoms with Gasteiger partial charge in [-0.25, -0.2) is 8.96 Å². The van der Waals surface area contributed by atoms with Crippen LogP contribution in [0.4, 0.5) is 4.39 Å². The minimum atomic E-state index is -0.285. The molecule has 0 saturated carbocycles. The molecule has 7 rings (SSSR count). The van der Waals surface area contributed by atoms with E-state index in [1.54, 1.807) is 6.07 Å². The van der Waals surface area contributed by atoms with Gasteiger partial charge in [0.25, 0.3) is 0 Å². The Bertz CT molecular complexity index is 2080. The first-order valence-corrected chi connectivity index (χ1v) is 12.9. The molecule has 0 radical (unpaired) electrons. The van der Waals surface area contributed by atoms with Gasteiger partial charge in [-0.3, -0.25) is 0 Å². The molecule has 2 nitrogen and oxygen atoms in total. The van der Waals surface area contributed by atoms with Crippen molar-refractivity contribution in [2.45, 2.75) is 20.8 Å². The van der Waals surface area contributed by atoms with Crippen molar-refractivity contribution in [1.29, 1.82) is 0 Å². The van der Waals surface area contributed by atoms with E-state index < -0.39 is 0 Å². The molecule has 2 heterocycles. The summed E-state index contributed by atoms with van der Waals surface area (Å²) in [6.45, 7) is 6.36. The predicted octanol–water partition coefficient (Wildman–Crippen LogP) is 9.12. The normalized spacial score (nSPS) is 11.8. The second kappa shape index (κ2) is 8.26. The minimum Gasteiger partial charge on any atom is -0.454 e. The maximum absolute atomic E-state index is 15.9. The van der Waals surface area contributed by atoms with Gasteiger partial charge in [-0.05, 0) is 77.2 Å². The average molecular weight is 497 g/mol. The molecule has 0 aliphatic carbocycles. The van der Waals surface area contributed by atoms with Crippen LogP contribution in [0.1, 0.15) is 16.7 Å². The highest BCUT2D eigenvalue weighted by Crippen LogP contribution is 2.44. The molecule has 3 heteroatoms. The Morgan fingerprint density at radius 1 is 0.605 bits per heavy atom. The van der Waals surface area contributed by atoms with Crippen LogP contribution in [0.15, 0.2) is 95.5 Å². The van der Waals surface area contributed by atoms with Crippen molar-refractivity contribution < 1.29 is 13.4 Å². The summed E-state index contributed by atoms with van der Waals surface area (Å²) in [5.41, 5.74) is 8.42. The van der Waals surface area contributed by atoms with Gasteiger partial charge in [0, 0.05) is 22.4 Å². The molecule has 0 aliphatic heterocycles. The van der Waals surface area contributed by atoms with Crippen LogP contribution in [-0.2, 0) is 7.05 Å². The zero-order chi connectivity index (χ0) is 26.1. The van der Waals surface area contributed by atoms with Gasteiger partial charge in [-0.15, -0.1) is 0 Å². The summed E-state index contributed by atoms with van der Waals surface area (Å²) in [7, 11) is 2.06. The van der Waals surface area contributed by atoms with Crippen LogP contribution in [0.25, 0.3) is 65.9 Å². The molecule has 0 aliphatic rings. The summed E-state index contributed by atoms with van der Waals surface area (Å²) in [6, 6.07) is 28.5. The third kappa shape index (κ3) is 3.21. The fraction of sp³-hybridized carbons (Fsp3) is 0.114. The van der Waals surface area contributed by atoms with Gasteiger partial charge in [-0.2, -0.15) is 0 Å². The van der Waals surface area contributed by atoms with Crippen LogP contribution >= 0.6 is 0 Å². The van der Waals surface area contributed by atoms with Crippen molar-refractivity contribution in [1.82, 2.24) is 0 Å². The zero-order valence-corrected chi connectivity index (χ0v) is 21.9. The quantitative estimate of drug-likeness (QED) is 0.172. The molecule has 0 amide bonds. The molecular formula is C35H27FNO+. The molecule has 184 valence electrons. The minimum absolute atomic E-state index is 0.285. The number of aryl methyl sites for hydroxylation is 4. The van der Waals surface area contributed by atoms with Gasteiger partial charge in [0.1, 0.15) is 24.0 Å². The summed E-state index contributed by atoms with van der Waals surface area (Å²) >= 11 is 0. The van der Waals surface area contributed by atoms with Crippen LogP contribution in [0.2, 0.25) is 0 Å². The highest BCUT2D eigenvalue weighted by atomic mass is 19.1. The van der Waals surface area contributed by atoms with Crippen molar-refractivity contribution in [3.63, 3.8) is 0 Å². The second-order valence-corrected chi connectivity index (χ2v) is 10.4. The largest absolute Gasteiger partial charge is 0.454 e. The lowest BCUT2D eigenvalue weighted by Crippen LogP contribution is -2.31. The first-order valence-electron chi connectivity index (χ1n) is 12.9. The summed E-state index contributed by atoms with van der Waals surface area (Å²) in [5, 5.41) is 6.25. The van der Waals surface area contributed by atoms with Crippen LogP contribution in [-0.4, -0.2) is 0 Å². The lowest BCUT2D eigenvalue weighted by molar-refractivity contribution is -0.660.